The summed E-state index contributed by atoms with van der Waals surface area (Å²) in [4.78, 5) is 23.9. The molecule has 4 rings (SSSR count). The lowest BCUT2D eigenvalue weighted by Crippen LogP contribution is -2.41. The first-order chi connectivity index (χ1) is 16.2. The molecule has 34 heavy (non-hydrogen) atoms. The first-order valence-electron chi connectivity index (χ1n) is 10.7. The molecule has 0 saturated carbocycles. The normalized spacial score (nSPS) is 17.0. The minimum absolute atomic E-state index is 0.0527. The molecule has 0 aliphatic carbocycles. The second kappa shape index (κ2) is 10.6. The third-order valence-electron chi connectivity index (χ3n) is 5.72. The number of benzene rings is 2. The first-order valence-corrected chi connectivity index (χ1v) is 14.2. The zero-order valence-corrected chi connectivity index (χ0v) is 21.6. The molecule has 1 saturated heterocycles. The van der Waals surface area contributed by atoms with Crippen LogP contribution in [0.1, 0.15) is 33.6 Å². The van der Waals surface area contributed by atoms with Crippen LogP contribution in [0.3, 0.4) is 0 Å². The second-order valence-corrected chi connectivity index (χ2v) is 12.2. The number of thioether (sulfide) groups is 1. The van der Waals surface area contributed by atoms with E-state index in [9.17, 15) is 13.2 Å². The van der Waals surface area contributed by atoms with Crippen molar-refractivity contribution >= 4 is 50.7 Å². The smallest absolute Gasteiger partial charge is 0.274 e. The quantitative estimate of drug-likeness (QED) is 0.305. The van der Waals surface area contributed by atoms with Crippen LogP contribution in [0.25, 0.3) is 0 Å². The van der Waals surface area contributed by atoms with Gasteiger partial charge in [-0.2, -0.15) is 0 Å². The van der Waals surface area contributed by atoms with E-state index in [1.807, 2.05) is 43.3 Å². The summed E-state index contributed by atoms with van der Waals surface area (Å²) in [6, 6.07) is 14.7. The number of rotatable bonds is 7. The Balaban J connectivity index is 1.60. The summed E-state index contributed by atoms with van der Waals surface area (Å²) in [6.45, 7) is 2.26. The minimum atomic E-state index is -3.20. The number of aryl methyl sites for hydroxylation is 1. The van der Waals surface area contributed by atoms with Crippen molar-refractivity contribution in [3.63, 3.8) is 0 Å². The van der Waals surface area contributed by atoms with Gasteiger partial charge in [-0.1, -0.05) is 71.4 Å². The third kappa shape index (κ3) is 6.10. The van der Waals surface area contributed by atoms with Crippen LogP contribution in [-0.4, -0.2) is 46.7 Å². The first kappa shape index (κ1) is 25.0. The molecule has 6 nitrogen and oxygen atoms in total. The molecule has 178 valence electrons. The number of halogens is 2. The van der Waals surface area contributed by atoms with E-state index in [4.69, 9.17) is 23.2 Å². The van der Waals surface area contributed by atoms with Crippen LogP contribution < -0.4 is 0 Å². The highest BCUT2D eigenvalue weighted by molar-refractivity contribution is 7.98. The van der Waals surface area contributed by atoms with Gasteiger partial charge in [0.1, 0.15) is 0 Å². The van der Waals surface area contributed by atoms with E-state index in [2.05, 4.69) is 9.97 Å². The minimum Gasteiger partial charge on any atom is -0.329 e. The molecular formula is C24H23Cl2N3O3S2. The molecule has 1 amide bonds. The van der Waals surface area contributed by atoms with Crippen molar-refractivity contribution in [1.82, 2.24) is 14.9 Å². The summed E-state index contributed by atoms with van der Waals surface area (Å²) >= 11 is 13.8. The molecule has 0 bridgehead atoms. The number of carbonyl (C=O) groups is 1. The van der Waals surface area contributed by atoms with E-state index < -0.39 is 21.8 Å². The summed E-state index contributed by atoms with van der Waals surface area (Å²) in [7, 11) is -3.20. The number of hydrogen-bond acceptors (Lipinski definition) is 6. The zero-order chi connectivity index (χ0) is 24.3. The standard InChI is InChI=1S/C24H23Cl2N3O3S2/c1-16-4-2-3-5-18(16)14-33-24-27-12-21(26)22(28-24)23(30)29(20-10-11-34(31,32)15-20)13-17-6-8-19(25)9-7-17/h2-9,12,20H,10-11,13-15H2,1H3. The van der Waals surface area contributed by atoms with E-state index in [0.29, 0.717) is 22.4 Å². The number of nitrogens with zero attached hydrogens (tertiary/aromatic N) is 3. The molecule has 1 aliphatic heterocycles. The van der Waals surface area contributed by atoms with Gasteiger partial charge in [0.05, 0.1) is 22.7 Å². The van der Waals surface area contributed by atoms with Gasteiger partial charge in [0, 0.05) is 23.4 Å². The van der Waals surface area contributed by atoms with Crippen LogP contribution in [0.15, 0.2) is 59.9 Å². The molecule has 2 aromatic carbocycles. The van der Waals surface area contributed by atoms with E-state index in [1.54, 1.807) is 17.0 Å². The maximum atomic E-state index is 13.6. The van der Waals surface area contributed by atoms with Crippen LogP contribution in [0, 0.1) is 6.92 Å². The largest absolute Gasteiger partial charge is 0.329 e. The highest BCUT2D eigenvalue weighted by atomic mass is 35.5. The topological polar surface area (TPSA) is 80.2 Å². The van der Waals surface area contributed by atoms with Gasteiger partial charge in [-0.3, -0.25) is 4.79 Å². The van der Waals surface area contributed by atoms with Crippen molar-refractivity contribution in [3.05, 3.63) is 87.2 Å². The molecule has 0 spiro atoms. The fraction of sp³-hybridized carbons (Fsp3) is 0.292. The molecule has 1 aliphatic rings. The Bertz CT molecular complexity index is 1300. The Morgan fingerprint density at radius 2 is 1.88 bits per heavy atom. The van der Waals surface area contributed by atoms with E-state index in [1.165, 1.54) is 18.0 Å². The Morgan fingerprint density at radius 1 is 1.15 bits per heavy atom. The van der Waals surface area contributed by atoms with Gasteiger partial charge < -0.3 is 4.90 Å². The van der Waals surface area contributed by atoms with Crippen molar-refractivity contribution in [2.24, 2.45) is 0 Å². The maximum Gasteiger partial charge on any atom is 0.274 e. The van der Waals surface area contributed by atoms with Crippen molar-refractivity contribution in [3.8, 4) is 0 Å². The van der Waals surface area contributed by atoms with Crippen LogP contribution in [0.5, 0.6) is 0 Å². The summed E-state index contributed by atoms with van der Waals surface area (Å²) in [5.41, 5.74) is 3.22. The molecule has 1 aromatic heterocycles. The molecule has 1 atom stereocenters. The van der Waals surface area contributed by atoms with Crippen molar-refractivity contribution < 1.29 is 13.2 Å². The van der Waals surface area contributed by atoms with E-state index in [0.717, 1.165) is 16.7 Å². The van der Waals surface area contributed by atoms with Crippen molar-refractivity contribution in [2.75, 3.05) is 11.5 Å². The van der Waals surface area contributed by atoms with Crippen molar-refractivity contribution in [2.45, 2.75) is 36.8 Å². The Kier molecular flexibility index (Phi) is 7.82. The van der Waals surface area contributed by atoms with Gasteiger partial charge in [0.15, 0.2) is 20.7 Å². The lowest BCUT2D eigenvalue weighted by molar-refractivity contribution is 0.0674. The Labute approximate surface area is 213 Å². The van der Waals surface area contributed by atoms with Gasteiger partial charge in [-0.05, 0) is 42.2 Å². The predicted molar refractivity (Wildman–Crippen MR) is 136 cm³/mol. The van der Waals surface area contributed by atoms with Gasteiger partial charge in [-0.15, -0.1) is 0 Å². The van der Waals surface area contributed by atoms with Crippen LogP contribution in [0.2, 0.25) is 10.0 Å². The average molecular weight is 537 g/mol. The van der Waals surface area contributed by atoms with Gasteiger partial charge in [0.25, 0.3) is 5.91 Å². The SMILES string of the molecule is Cc1ccccc1CSc1ncc(Cl)c(C(=O)N(Cc2ccc(Cl)cc2)C2CCS(=O)(=O)C2)n1. The molecule has 10 heteroatoms. The van der Waals surface area contributed by atoms with Gasteiger partial charge in [-0.25, -0.2) is 18.4 Å². The lowest BCUT2D eigenvalue weighted by atomic mass is 10.1. The molecule has 1 fully saturated rings. The fourth-order valence-electron chi connectivity index (χ4n) is 3.80. The molecule has 0 radical (unpaired) electrons. The van der Waals surface area contributed by atoms with Gasteiger partial charge >= 0.3 is 0 Å². The number of carbonyl (C=O) groups excluding carboxylic acids is 1. The summed E-state index contributed by atoms with van der Waals surface area (Å²) in [6.07, 6.45) is 1.80. The maximum absolute atomic E-state index is 13.6. The molecule has 1 unspecified atom stereocenters. The Hall–Kier alpha value is -2.13. The molecule has 2 heterocycles. The van der Waals surface area contributed by atoms with Crippen LogP contribution in [0.4, 0.5) is 0 Å². The summed E-state index contributed by atoms with van der Waals surface area (Å²) in [5.74, 6) is 0.209. The summed E-state index contributed by atoms with van der Waals surface area (Å²) < 4.78 is 24.3. The van der Waals surface area contributed by atoms with Crippen molar-refractivity contribution in [1.29, 1.82) is 0 Å². The third-order valence-corrected chi connectivity index (χ3v) is 8.91. The molecular weight excluding hydrogens is 513 g/mol. The highest BCUT2D eigenvalue weighted by Crippen LogP contribution is 2.27. The highest BCUT2D eigenvalue weighted by Gasteiger charge is 2.36. The number of amides is 1. The monoisotopic (exact) mass is 535 g/mol. The second-order valence-electron chi connectivity index (χ2n) is 8.18. The zero-order valence-electron chi connectivity index (χ0n) is 18.4. The molecule has 0 N–H and O–H groups in total. The predicted octanol–water partition coefficient (Wildman–Crippen LogP) is 5.21. The summed E-state index contributed by atoms with van der Waals surface area (Å²) in [5, 5.41) is 1.15. The number of sulfone groups is 1. The molecule has 3 aromatic rings. The number of aromatic nitrogens is 2. The van der Waals surface area contributed by atoms with Crippen LogP contribution in [-0.2, 0) is 22.1 Å². The average Bonchev–Trinajstić information content (AvgIpc) is 3.18. The van der Waals surface area contributed by atoms with E-state index in [-0.39, 0.29) is 28.8 Å². The fourth-order valence-corrected chi connectivity index (χ4v) is 6.72. The van der Waals surface area contributed by atoms with Gasteiger partial charge in [0.2, 0.25) is 0 Å². The number of hydrogen-bond donors (Lipinski definition) is 0. The van der Waals surface area contributed by atoms with E-state index >= 15 is 0 Å². The Morgan fingerprint density at radius 3 is 2.56 bits per heavy atom. The lowest BCUT2D eigenvalue weighted by Gasteiger charge is -2.28. The van der Waals surface area contributed by atoms with Crippen LogP contribution >= 0.6 is 35.0 Å².